The number of likely N-dealkylation sites (N-methyl/N-ethyl adjacent to an activating group) is 1. The topological polar surface area (TPSA) is 112 Å². The number of carbonyl (C=O) groups excluding carboxylic acids is 4. The zero-order chi connectivity index (χ0) is 29.6. The molecule has 1 fully saturated rings. The smallest absolute Gasteiger partial charge is 0.318 e. The molecular weight excluding hydrogens is 542 g/mol. The van der Waals surface area contributed by atoms with E-state index in [-0.39, 0.29) is 24.8 Å². The van der Waals surface area contributed by atoms with Crippen LogP contribution < -0.4 is 10.6 Å². The highest BCUT2D eigenvalue weighted by Crippen LogP contribution is 2.27. The predicted octanol–water partition coefficient (Wildman–Crippen LogP) is 4.38. The average molecular weight is 584 g/mol. The molecule has 222 valence electrons. The van der Waals surface area contributed by atoms with Crippen LogP contribution in [-0.4, -0.2) is 71.6 Å². The normalized spacial score (nSPS) is 14.9. The van der Waals surface area contributed by atoms with Crippen molar-refractivity contribution in [1.29, 1.82) is 0 Å². The van der Waals surface area contributed by atoms with Crippen molar-refractivity contribution in [2.24, 2.45) is 5.92 Å². The summed E-state index contributed by atoms with van der Waals surface area (Å²) in [7, 11) is 3.39. The van der Waals surface area contributed by atoms with Crippen molar-refractivity contribution in [2.75, 3.05) is 20.6 Å². The summed E-state index contributed by atoms with van der Waals surface area (Å²) in [5.41, 5.74) is 1.96. The fourth-order valence-corrected chi connectivity index (χ4v) is 5.34. The largest absolute Gasteiger partial charge is 0.345 e. The lowest BCUT2D eigenvalue weighted by atomic mass is 9.84. The Balaban J connectivity index is 1.55. The first-order valence-corrected chi connectivity index (χ1v) is 14.8. The Kier molecular flexibility index (Phi) is 13.1. The molecule has 3 rings (SSSR count). The Morgan fingerprint density at radius 3 is 2.44 bits per heavy atom. The van der Waals surface area contributed by atoms with Crippen LogP contribution in [0.2, 0.25) is 5.02 Å². The third-order valence-corrected chi connectivity index (χ3v) is 7.87. The summed E-state index contributed by atoms with van der Waals surface area (Å²) in [4.78, 5) is 58.1. The Bertz CT molecular complexity index is 1140. The van der Waals surface area contributed by atoms with Gasteiger partial charge < -0.3 is 25.2 Å². The number of urea groups is 1. The molecule has 2 aromatic rings. The number of aromatic nitrogens is 1. The van der Waals surface area contributed by atoms with E-state index < -0.39 is 18.0 Å². The van der Waals surface area contributed by atoms with E-state index in [1.165, 1.54) is 11.3 Å². The first-order valence-electron chi connectivity index (χ1n) is 14.4. The number of rotatable bonds is 14. The molecule has 41 heavy (non-hydrogen) atoms. The van der Waals surface area contributed by atoms with E-state index in [0.29, 0.717) is 43.2 Å². The Morgan fingerprint density at radius 2 is 1.76 bits per heavy atom. The number of benzene rings is 1. The van der Waals surface area contributed by atoms with Gasteiger partial charge in [-0.2, -0.15) is 0 Å². The quantitative estimate of drug-likeness (QED) is 0.321. The number of amides is 4. The summed E-state index contributed by atoms with van der Waals surface area (Å²) < 4.78 is 0. The molecule has 2 N–H and O–H groups in total. The monoisotopic (exact) mass is 583 g/mol. The lowest BCUT2D eigenvalue weighted by Crippen LogP contribution is -2.53. The third-order valence-electron chi connectivity index (χ3n) is 7.64. The van der Waals surface area contributed by atoms with Crippen LogP contribution in [0.3, 0.4) is 0 Å². The summed E-state index contributed by atoms with van der Waals surface area (Å²) in [6.45, 7) is 0.872. The number of hydrogen-bond donors (Lipinski definition) is 2. The highest BCUT2D eigenvalue weighted by Gasteiger charge is 2.28. The minimum Gasteiger partial charge on any atom is -0.345 e. The van der Waals surface area contributed by atoms with Crippen molar-refractivity contribution in [3.8, 4) is 0 Å². The van der Waals surface area contributed by atoms with Gasteiger partial charge in [0, 0.05) is 51.0 Å². The molecule has 0 radical (unpaired) electrons. The number of nitrogens with one attached hydrogen (secondary N) is 2. The van der Waals surface area contributed by atoms with Gasteiger partial charge in [0.05, 0.1) is 6.04 Å². The van der Waals surface area contributed by atoms with Crippen molar-refractivity contribution in [2.45, 2.75) is 76.4 Å². The fraction of sp³-hybridized carbons (Fsp3) is 0.516. The van der Waals surface area contributed by atoms with Gasteiger partial charge in [0.25, 0.3) is 0 Å². The van der Waals surface area contributed by atoms with Crippen LogP contribution >= 0.6 is 11.6 Å². The molecule has 2 atom stereocenters. The van der Waals surface area contributed by atoms with E-state index in [2.05, 4.69) is 15.6 Å². The lowest BCUT2D eigenvalue weighted by Gasteiger charge is -2.29. The van der Waals surface area contributed by atoms with Crippen molar-refractivity contribution in [1.82, 2.24) is 25.4 Å². The summed E-state index contributed by atoms with van der Waals surface area (Å²) in [5.74, 6) is -0.186. The summed E-state index contributed by atoms with van der Waals surface area (Å²) in [6, 6.07) is 9.11. The number of carbonyl (C=O) groups is 4. The van der Waals surface area contributed by atoms with E-state index in [1.54, 1.807) is 43.5 Å². The van der Waals surface area contributed by atoms with Gasteiger partial charge in [-0.05, 0) is 60.6 Å². The van der Waals surface area contributed by atoms with Crippen LogP contribution in [0.5, 0.6) is 0 Å². The molecular formula is C31H42ClN5O4. The molecule has 0 saturated heterocycles. The fourth-order valence-electron chi connectivity index (χ4n) is 5.13. The molecule has 0 unspecified atom stereocenters. The van der Waals surface area contributed by atoms with E-state index in [0.717, 1.165) is 36.8 Å². The van der Waals surface area contributed by atoms with Gasteiger partial charge in [0.15, 0.2) is 0 Å². The van der Waals surface area contributed by atoms with Crippen LogP contribution in [0.15, 0.2) is 48.8 Å². The molecule has 1 aliphatic rings. The highest BCUT2D eigenvalue weighted by molar-refractivity contribution is 6.30. The first-order chi connectivity index (χ1) is 19.7. The molecule has 1 aromatic carbocycles. The molecule has 1 aliphatic carbocycles. The van der Waals surface area contributed by atoms with Gasteiger partial charge in [0.2, 0.25) is 11.8 Å². The van der Waals surface area contributed by atoms with Gasteiger partial charge in [-0.25, -0.2) is 4.79 Å². The minimum atomic E-state index is -0.824. The van der Waals surface area contributed by atoms with Crippen LogP contribution in [0.1, 0.15) is 62.5 Å². The van der Waals surface area contributed by atoms with Crippen LogP contribution in [-0.2, 0) is 27.3 Å². The van der Waals surface area contributed by atoms with Crippen LogP contribution in [0.4, 0.5) is 4.79 Å². The third kappa shape index (κ3) is 11.1. The Hall–Kier alpha value is -3.46. The second-order valence-corrected chi connectivity index (χ2v) is 11.4. The molecule has 0 aliphatic heterocycles. The van der Waals surface area contributed by atoms with Crippen LogP contribution in [0, 0.1) is 5.92 Å². The van der Waals surface area contributed by atoms with E-state index in [4.69, 9.17) is 11.6 Å². The Morgan fingerprint density at radius 1 is 1.02 bits per heavy atom. The predicted molar refractivity (Wildman–Crippen MR) is 159 cm³/mol. The number of aldehydes is 1. The summed E-state index contributed by atoms with van der Waals surface area (Å²) in [5, 5.41) is 6.25. The maximum Gasteiger partial charge on any atom is 0.318 e. The number of hydrogen-bond acceptors (Lipinski definition) is 5. The lowest BCUT2D eigenvalue weighted by molar-refractivity contribution is -0.131. The molecule has 1 saturated carbocycles. The second kappa shape index (κ2) is 16.7. The molecule has 10 heteroatoms. The summed E-state index contributed by atoms with van der Waals surface area (Å²) >= 11 is 6.08. The molecule has 9 nitrogen and oxygen atoms in total. The van der Waals surface area contributed by atoms with E-state index in [9.17, 15) is 19.2 Å². The number of nitrogens with zero attached hydrogens (tertiary/aromatic N) is 3. The van der Waals surface area contributed by atoms with Crippen molar-refractivity contribution >= 4 is 35.7 Å². The van der Waals surface area contributed by atoms with Gasteiger partial charge in [0.1, 0.15) is 12.3 Å². The average Bonchev–Trinajstić information content (AvgIpc) is 2.98. The number of pyridine rings is 1. The minimum absolute atomic E-state index is 0.102. The molecule has 1 heterocycles. The molecule has 4 amide bonds. The first kappa shape index (κ1) is 32.1. The van der Waals surface area contributed by atoms with E-state index >= 15 is 0 Å². The molecule has 1 aromatic heterocycles. The standard InChI is InChI=1S/C31H42ClN5O4/c1-36(18-15-23-13-16-33-17-14-23)29(39)12-11-27(22-38)34-30(40)28(20-24-7-4-3-5-8-24)35-31(41)37(2)21-25-9-6-10-26(32)19-25/h6,9-10,13-14,16-17,19,22,24,27-28H,3-5,7-8,11-12,15,18,20-21H2,1-2H3,(H,34,40)(H,35,41)/t27-,28-/m0/s1. The second-order valence-electron chi connectivity index (χ2n) is 10.9. The van der Waals surface area contributed by atoms with Crippen LogP contribution in [0.25, 0.3) is 0 Å². The SMILES string of the molecule is CN(CCc1ccncc1)C(=O)CC[C@@H](C=O)NC(=O)[C@H](CC1CCCCC1)NC(=O)N(C)Cc1cccc(Cl)c1. The summed E-state index contributed by atoms with van der Waals surface area (Å²) in [6.07, 6.45) is 11.0. The van der Waals surface area contributed by atoms with Crippen molar-refractivity contribution in [3.63, 3.8) is 0 Å². The maximum atomic E-state index is 13.4. The maximum absolute atomic E-state index is 13.4. The zero-order valence-electron chi connectivity index (χ0n) is 24.1. The van der Waals surface area contributed by atoms with Gasteiger partial charge in [-0.3, -0.25) is 14.6 Å². The molecule has 0 bridgehead atoms. The van der Waals surface area contributed by atoms with Gasteiger partial charge in [-0.15, -0.1) is 0 Å². The van der Waals surface area contributed by atoms with Crippen molar-refractivity contribution in [3.05, 3.63) is 64.9 Å². The van der Waals surface area contributed by atoms with Gasteiger partial charge >= 0.3 is 6.03 Å². The van der Waals surface area contributed by atoms with Crippen molar-refractivity contribution < 1.29 is 19.2 Å². The number of halogens is 1. The van der Waals surface area contributed by atoms with Gasteiger partial charge in [-0.1, -0.05) is 55.8 Å². The zero-order valence-corrected chi connectivity index (χ0v) is 24.8. The molecule has 0 spiro atoms. The van der Waals surface area contributed by atoms with E-state index in [1.807, 2.05) is 24.3 Å². The highest BCUT2D eigenvalue weighted by atomic mass is 35.5. The Labute approximate surface area is 248 Å².